The van der Waals surface area contributed by atoms with Gasteiger partial charge in [0.25, 0.3) is 10.0 Å². The molecule has 1 aromatic carbocycles. The fourth-order valence-electron chi connectivity index (χ4n) is 3.86. The molecule has 1 aliphatic heterocycles. The van der Waals surface area contributed by atoms with Gasteiger partial charge < -0.3 is 10.2 Å². The molecular formula is C20H22BClIN5O3S. The van der Waals surface area contributed by atoms with Crippen molar-refractivity contribution in [2.45, 2.75) is 24.7 Å². The summed E-state index contributed by atoms with van der Waals surface area (Å²) in [5.74, 6) is 0.994. The summed E-state index contributed by atoms with van der Waals surface area (Å²) in [5, 5.41) is 3.93. The number of nitrogens with zero attached hydrogens (tertiary/aromatic N) is 4. The Morgan fingerprint density at radius 1 is 1.25 bits per heavy atom. The van der Waals surface area contributed by atoms with E-state index in [1.54, 1.807) is 38.3 Å². The van der Waals surface area contributed by atoms with E-state index in [9.17, 15) is 13.2 Å². The number of carbonyl (C=O) groups excluding carboxylic acids is 1. The van der Waals surface area contributed by atoms with Gasteiger partial charge in [-0.2, -0.15) is 4.98 Å². The van der Waals surface area contributed by atoms with Crippen LogP contribution in [0.3, 0.4) is 0 Å². The van der Waals surface area contributed by atoms with Crippen LogP contribution in [0.4, 0.5) is 10.6 Å². The fourth-order valence-corrected chi connectivity index (χ4v) is 6.30. The lowest BCUT2D eigenvalue weighted by Gasteiger charge is -2.31. The first-order valence-electron chi connectivity index (χ1n) is 10.2. The summed E-state index contributed by atoms with van der Waals surface area (Å²) in [4.78, 5) is 22.1. The molecule has 4 rings (SSSR count). The molecule has 1 saturated heterocycles. The van der Waals surface area contributed by atoms with E-state index >= 15 is 0 Å². The molecule has 2 aromatic heterocycles. The summed E-state index contributed by atoms with van der Waals surface area (Å²) in [6, 6.07) is 6.68. The highest BCUT2D eigenvalue weighted by Crippen LogP contribution is 2.32. The normalized spacial score (nSPS) is 15.3. The number of halogens is 2. The Labute approximate surface area is 206 Å². The van der Waals surface area contributed by atoms with Gasteiger partial charge in [-0.05, 0) is 72.0 Å². The molecule has 0 atom stereocenters. The first kappa shape index (κ1) is 23.3. The molecule has 0 bridgehead atoms. The van der Waals surface area contributed by atoms with Crippen LogP contribution in [0.25, 0.3) is 11.0 Å². The zero-order chi connectivity index (χ0) is 23.0. The van der Waals surface area contributed by atoms with E-state index in [2.05, 4.69) is 37.9 Å². The molecule has 0 unspecified atom stereocenters. The minimum atomic E-state index is -3.85. The van der Waals surface area contributed by atoms with Gasteiger partial charge in [0.05, 0.1) is 10.3 Å². The number of likely N-dealkylation sites (tertiary alicyclic amines) is 1. The summed E-state index contributed by atoms with van der Waals surface area (Å²) in [6.07, 6.45) is 3.34. The summed E-state index contributed by atoms with van der Waals surface area (Å²) < 4.78 is 28.5. The van der Waals surface area contributed by atoms with Gasteiger partial charge in [-0.3, -0.25) is 4.79 Å². The smallest absolute Gasteiger partial charge is 0.269 e. The van der Waals surface area contributed by atoms with Crippen molar-refractivity contribution in [2.24, 2.45) is 5.92 Å². The number of aryl methyl sites for hydroxylation is 1. The van der Waals surface area contributed by atoms with Crippen molar-refractivity contribution in [3.8, 4) is 0 Å². The molecule has 1 fully saturated rings. The number of amides is 1. The van der Waals surface area contributed by atoms with Crippen molar-refractivity contribution in [2.75, 3.05) is 25.0 Å². The Bertz CT molecular complexity index is 1270. The molecule has 1 aliphatic rings. The van der Waals surface area contributed by atoms with Crippen LogP contribution in [-0.2, 0) is 10.0 Å². The van der Waals surface area contributed by atoms with Crippen LogP contribution < -0.4 is 5.32 Å². The first-order chi connectivity index (χ1) is 15.2. The maximum atomic E-state index is 13.3. The summed E-state index contributed by atoms with van der Waals surface area (Å²) in [6.45, 7) is 4.04. The molecule has 0 spiro atoms. The van der Waals surface area contributed by atoms with Gasteiger partial charge in [-0.15, -0.1) is 0 Å². The minimum Gasteiger partial charge on any atom is -0.369 e. The number of piperidine rings is 1. The van der Waals surface area contributed by atoms with Crippen LogP contribution in [0, 0.1) is 16.4 Å². The fraction of sp³-hybridized carbons (Fsp3) is 0.350. The van der Waals surface area contributed by atoms with E-state index in [0.717, 1.165) is 31.5 Å². The second kappa shape index (κ2) is 9.18. The maximum Gasteiger partial charge on any atom is 0.269 e. The topological polar surface area (TPSA) is 97.2 Å². The van der Waals surface area contributed by atoms with Crippen LogP contribution in [0.15, 0.2) is 35.4 Å². The van der Waals surface area contributed by atoms with E-state index < -0.39 is 10.0 Å². The van der Waals surface area contributed by atoms with Gasteiger partial charge in [-0.1, -0.05) is 17.7 Å². The Hall–Kier alpha value is -1.86. The predicted molar refractivity (Wildman–Crippen MR) is 136 cm³/mol. The second-order valence-corrected chi connectivity index (χ2v) is 11.3. The Morgan fingerprint density at radius 2 is 1.91 bits per heavy atom. The number of anilines is 1. The molecule has 1 N–H and O–H groups in total. The third-order valence-corrected chi connectivity index (χ3v) is 8.39. The molecule has 0 aliphatic carbocycles. The monoisotopic (exact) mass is 585 g/mol. The lowest BCUT2D eigenvalue weighted by Crippen LogP contribution is -2.39. The van der Waals surface area contributed by atoms with Gasteiger partial charge in [0, 0.05) is 29.4 Å². The summed E-state index contributed by atoms with van der Waals surface area (Å²) in [7, 11) is -2.25. The van der Waals surface area contributed by atoms with Crippen LogP contribution in [0.5, 0.6) is 0 Å². The van der Waals surface area contributed by atoms with Gasteiger partial charge >= 0.3 is 0 Å². The highest BCUT2D eigenvalue weighted by atomic mass is 127. The number of fused-ring (bicyclic) bond motifs is 1. The van der Waals surface area contributed by atoms with Gasteiger partial charge in [0.1, 0.15) is 5.82 Å². The molecule has 0 radical (unpaired) electrons. The van der Waals surface area contributed by atoms with Crippen molar-refractivity contribution in [3.05, 3.63) is 44.9 Å². The first-order valence-corrected chi connectivity index (χ1v) is 13.1. The number of hydrogen-bond donors (Lipinski definition) is 1. The van der Waals surface area contributed by atoms with Crippen molar-refractivity contribution in [1.82, 2.24) is 18.8 Å². The van der Waals surface area contributed by atoms with Crippen LogP contribution in [0.1, 0.15) is 18.4 Å². The molecule has 168 valence electrons. The lowest BCUT2D eigenvalue weighted by atomic mass is 9.95. The Morgan fingerprint density at radius 3 is 2.53 bits per heavy atom. The largest absolute Gasteiger partial charge is 0.369 e. The van der Waals surface area contributed by atoms with E-state index in [1.807, 2.05) is 11.8 Å². The quantitative estimate of drug-likeness (QED) is 0.281. The molecule has 8 nitrogen and oxygen atoms in total. The highest BCUT2D eigenvalue weighted by Gasteiger charge is 2.25. The van der Waals surface area contributed by atoms with Crippen molar-refractivity contribution >= 4 is 74.7 Å². The van der Waals surface area contributed by atoms with E-state index in [1.165, 1.54) is 3.97 Å². The third kappa shape index (κ3) is 4.60. The van der Waals surface area contributed by atoms with Crippen molar-refractivity contribution in [1.29, 1.82) is 0 Å². The van der Waals surface area contributed by atoms with Crippen molar-refractivity contribution in [3.63, 3.8) is 0 Å². The summed E-state index contributed by atoms with van der Waals surface area (Å²) >= 11 is 8.27. The number of rotatable bonds is 5. The highest BCUT2D eigenvalue weighted by molar-refractivity contribution is 14.1. The van der Waals surface area contributed by atoms with E-state index in [4.69, 9.17) is 11.6 Å². The molecule has 12 heteroatoms. The average Bonchev–Trinajstić information content (AvgIpc) is 3.09. The van der Waals surface area contributed by atoms with E-state index in [-0.39, 0.29) is 21.6 Å². The third-order valence-electron chi connectivity index (χ3n) is 5.74. The number of hydrogen-bond acceptors (Lipinski definition) is 6. The number of aromatic nitrogens is 3. The molecule has 0 saturated carbocycles. The second-order valence-electron chi connectivity index (χ2n) is 7.96. The zero-order valence-electron chi connectivity index (χ0n) is 17.7. The zero-order valence-corrected chi connectivity index (χ0v) is 21.4. The van der Waals surface area contributed by atoms with Gasteiger partial charge in [0.15, 0.2) is 11.5 Å². The molecule has 1 amide bonds. The molecule has 3 aromatic rings. The average molecular weight is 586 g/mol. The summed E-state index contributed by atoms with van der Waals surface area (Å²) in [5.41, 5.74) is 1.21. The lowest BCUT2D eigenvalue weighted by molar-refractivity contribution is 0.194. The van der Waals surface area contributed by atoms with Gasteiger partial charge in [0.2, 0.25) is 13.1 Å². The maximum absolute atomic E-state index is 13.3. The van der Waals surface area contributed by atoms with E-state index in [0.29, 0.717) is 27.2 Å². The van der Waals surface area contributed by atoms with Crippen LogP contribution in [0.2, 0.25) is 5.28 Å². The SMILES string of the molecule is BC(=O)N1CCC(CNc2nc(Cl)nc3c2c(I)cn3S(=O)(=O)c2ccc(C)cc2)CC1. The van der Waals surface area contributed by atoms with Crippen LogP contribution in [-0.4, -0.2) is 60.5 Å². The van der Waals surface area contributed by atoms with Crippen LogP contribution >= 0.6 is 34.2 Å². The Kier molecular flexibility index (Phi) is 6.69. The molecular weight excluding hydrogens is 563 g/mol. The number of nitrogens with one attached hydrogen (secondary N) is 1. The number of carbonyl (C=O) groups is 1. The molecule has 3 heterocycles. The predicted octanol–water partition coefficient (Wildman–Crippen LogP) is 3.11. The van der Waals surface area contributed by atoms with Crippen molar-refractivity contribution < 1.29 is 13.2 Å². The Balaban J connectivity index is 1.64. The standard InChI is InChI=1S/C20H22BClIN5O3S/c1-12-2-4-14(5-3-12)32(30,31)28-11-15(23)16-17(25-20(22)26-18(16)28)24-10-13-6-8-27(9-7-13)19(21)29/h2-5,11,13H,6-10,21H2,1H3,(H,24,25,26). The molecule has 32 heavy (non-hydrogen) atoms. The number of benzene rings is 1. The van der Waals surface area contributed by atoms with Gasteiger partial charge in [-0.25, -0.2) is 17.4 Å². The minimum absolute atomic E-state index is 0.0266.